The van der Waals surface area contributed by atoms with E-state index in [0.717, 1.165) is 6.54 Å². The first-order valence-electron chi connectivity index (χ1n) is 4.09. The second-order valence-electron chi connectivity index (χ2n) is 2.69. The number of hydrogen-bond donors (Lipinski definition) is 0. The van der Waals surface area contributed by atoms with E-state index in [1.54, 1.807) is 0 Å². The molecule has 1 nitrogen and oxygen atoms in total. The Hall–Kier alpha value is -0.240. The fourth-order valence-corrected chi connectivity index (χ4v) is 1.56. The summed E-state index contributed by atoms with van der Waals surface area (Å²) < 4.78 is 0. The molecule has 0 amide bonds. The fourth-order valence-electron chi connectivity index (χ4n) is 1.05. The summed E-state index contributed by atoms with van der Waals surface area (Å²) >= 11 is 3.57. The molecule has 62 valence electrons. The highest BCUT2D eigenvalue weighted by Crippen LogP contribution is 2.14. The Bertz CT molecular complexity index is 163. The van der Waals surface area contributed by atoms with Crippen molar-refractivity contribution in [2.45, 2.75) is 24.7 Å². The molecule has 2 heteroatoms. The van der Waals surface area contributed by atoms with Gasteiger partial charge in [0.05, 0.1) is 0 Å². The predicted octanol–water partition coefficient (Wildman–Crippen LogP) is 2.89. The van der Waals surface area contributed by atoms with E-state index in [1.165, 1.54) is 12.8 Å². The Labute approximate surface area is 76.9 Å². The molecule has 0 aromatic carbocycles. The number of nitrogens with zero attached hydrogens (tertiary/aromatic N) is 1. The molecule has 0 radical (unpaired) electrons. The molecule has 1 atom stereocenters. The van der Waals surface area contributed by atoms with Gasteiger partial charge in [0.1, 0.15) is 4.95 Å². The minimum Gasteiger partial charge on any atom is -0.362 e. The zero-order chi connectivity index (χ0) is 8.10. The van der Waals surface area contributed by atoms with Gasteiger partial charge in [0.2, 0.25) is 0 Å². The van der Waals surface area contributed by atoms with E-state index < -0.39 is 0 Å². The van der Waals surface area contributed by atoms with Gasteiger partial charge in [0.25, 0.3) is 0 Å². The standard InChI is InChI=1S/C9H14BrN/c1-2-3-7-11-8-5-4-6-9(11)10/h4-6,8-9H,2-3,7H2,1H3. The average molecular weight is 216 g/mol. The quantitative estimate of drug-likeness (QED) is 0.518. The van der Waals surface area contributed by atoms with Gasteiger partial charge in [-0.1, -0.05) is 41.4 Å². The number of hydrogen-bond acceptors (Lipinski definition) is 1. The van der Waals surface area contributed by atoms with Crippen LogP contribution in [0.1, 0.15) is 19.8 Å². The van der Waals surface area contributed by atoms with Crippen LogP contribution in [0, 0.1) is 0 Å². The molecule has 0 saturated carbocycles. The fraction of sp³-hybridized carbons (Fsp3) is 0.556. The smallest absolute Gasteiger partial charge is 0.103 e. The lowest BCUT2D eigenvalue weighted by molar-refractivity contribution is 0.382. The van der Waals surface area contributed by atoms with E-state index in [4.69, 9.17) is 0 Å². The average Bonchev–Trinajstić information content (AvgIpc) is 2.03. The van der Waals surface area contributed by atoms with Gasteiger partial charge in [-0.25, -0.2) is 0 Å². The molecule has 0 spiro atoms. The largest absolute Gasteiger partial charge is 0.362 e. The van der Waals surface area contributed by atoms with Crippen LogP contribution in [0.3, 0.4) is 0 Å². The first kappa shape index (κ1) is 8.85. The van der Waals surface area contributed by atoms with Gasteiger partial charge in [-0.05, 0) is 12.5 Å². The SMILES string of the molecule is CCCCN1C=CC=CC1Br. The molecule has 1 rings (SSSR count). The normalized spacial score (nSPS) is 22.7. The molecule has 0 N–H and O–H groups in total. The molecule has 1 aliphatic heterocycles. The molecular weight excluding hydrogens is 202 g/mol. The van der Waals surface area contributed by atoms with Crippen molar-refractivity contribution < 1.29 is 0 Å². The van der Waals surface area contributed by atoms with Crippen molar-refractivity contribution in [3.05, 3.63) is 24.4 Å². The maximum Gasteiger partial charge on any atom is 0.103 e. The van der Waals surface area contributed by atoms with Crippen molar-refractivity contribution >= 4 is 15.9 Å². The van der Waals surface area contributed by atoms with Crippen LogP contribution in [0.4, 0.5) is 0 Å². The van der Waals surface area contributed by atoms with Gasteiger partial charge >= 0.3 is 0 Å². The van der Waals surface area contributed by atoms with E-state index >= 15 is 0 Å². The van der Waals surface area contributed by atoms with Crippen molar-refractivity contribution in [1.82, 2.24) is 4.90 Å². The summed E-state index contributed by atoms with van der Waals surface area (Å²) in [6.45, 7) is 3.36. The first-order chi connectivity index (χ1) is 5.34. The molecule has 0 fully saturated rings. The molecule has 0 saturated heterocycles. The Balaban J connectivity index is 2.33. The second-order valence-corrected chi connectivity index (χ2v) is 3.63. The molecule has 1 heterocycles. The molecular formula is C9H14BrN. The van der Waals surface area contributed by atoms with Gasteiger partial charge in [-0.3, -0.25) is 0 Å². The van der Waals surface area contributed by atoms with E-state index in [-0.39, 0.29) is 0 Å². The Kier molecular flexibility index (Phi) is 3.70. The lowest BCUT2D eigenvalue weighted by Crippen LogP contribution is -2.26. The van der Waals surface area contributed by atoms with Gasteiger partial charge in [-0.2, -0.15) is 0 Å². The summed E-state index contributed by atoms with van der Waals surface area (Å²) in [7, 11) is 0. The highest BCUT2D eigenvalue weighted by atomic mass is 79.9. The van der Waals surface area contributed by atoms with Gasteiger partial charge < -0.3 is 4.90 Å². The maximum absolute atomic E-state index is 3.57. The zero-order valence-electron chi connectivity index (χ0n) is 6.83. The topological polar surface area (TPSA) is 3.24 Å². The third-order valence-electron chi connectivity index (χ3n) is 1.75. The molecule has 1 aliphatic rings. The van der Waals surface area contributed by atoms with E-state index in [1.807, 2.05) is 0 Å². The molecule has 0 aromatic heterocycles. The van der Waals surface area contributed by atoms with Gasteiger partial charge in [0.15, 0.2) is 0 Å². The number of halogens is 1. The Morgan fingerprint density at radius 3 is 2.91 bits per heavy atom. The summed E-state index contributed by atoms with van der Waals surface area (Å²) in [4.78, 5) is 2.70. The number of allylic oxidation sites excluding steroid dienone is 2. The summed E-state index contributed by atoms with van der Waals surface area (Å²) in [5.74, 6) is 0. The van der Waals surface area contributed by atoms with Crippen LogP contribution in [-0.4, -0.2) is 16.4 Å². The van der Waals surface area contributed by atoms with Crippen LogP contribution in [0.15, 0.2) is 24.4 Å². The highest BCUT2D eigenvalue weighted by molar-refractivity contribution is 9.09. The summed E-state index contributed by atoms with van der Waals surface area (Å²) in [5, 5.41) is 0. The van der Waals surface area contributed by atoms with Crippen molar-refractivity contribution in [3.63, 3.8) is 0 Å². The molecule has 0 aliphatic carbocycles. The monoisotopic (exact) mass is 215 g/mol. The molecule has 0 bridgehead atoms. The molecule has 1 unspecified atom stereocenters. The number of unbranched alkanes of at least 4 members (excludes halogenated alkanes) is 1. The third kappa shape index (κ3) is 2.70. The van der Waals surface area contributed by atoms with Crippen molar-refractivity contribution in [3.8, 4) is 0 Å². The molecule has 11 heavy (non-hydrogen) atoms. The van der Waals surface area contributed by atoms with Gasteiger partial charge in [0, 0.05) is 12.7 Å². The molecule has 0 aromatic rings. The van der Waals surface area contributed by atoms with Crippen LogP contribution >= 0.6 is 15.9 Å². The van der Waals surface area contributed by atoms with E-state index in [9.17, 15) is 0 Å². The Morgan fingerprint density at radius 2 is 2.27 bits per heavy atom. The summed E-state index contributed by atoms with van der Waals surface area (Å²) in [6, 6.07) is 0. The minimum absolute atomic E-state index is 0.402. The third-order valence-corrected chi connectivity index (χ3v) is 2.58. The zero-order valence-corrected chi connectivity index (χ0v) is 8.42. The van der Waals surface area contributed by atoms with Crippen LogP contribution in [0.5, 0.6) is 0 Å². The number of rotatable bonds is 3. The lowest BCUT2D eigenvalue weighted by atomic mass is 10.3. The minimum atomic E-state index is 0.402. The van der Waals surface area contributed by atoms with Gasteiger partial charge in [-0.15, -0.1) is 0 Å². The summed E-state index contributed by atoms with van der Waals surface area (Å²) in [6.07, 6.45) is 11.0. The second kappa shape index (κ2) is 4.60. The van der Waals surface area contributed by atoms with Crippen molar-refractivity contribution in [2.75, 3.05) is 6.54 Å². The van der Waals surface area contributed by atoms with Crippen LogP contribution < -0.4 is 0 Å². The van der Waals surface area contributed by atoms with Crippen LogP contribution in [-0.2, 0) is 0 Å². The highest BCUT2D eigenvalue weighted by Gasteiger charge is 2.08. The first-order valence-corrected chi connectivity index (χ1v) is 5.01. The predicted molar refractivity (Wildman–Crippen MR) is 52.6 cm³/mol. The van der Waals surface area contributed by atoms with Crippen molar-refractivity contribution in [2.24, 2.45) is 0 Å². The lowest BCUT2D eigenvalue weighted by Gasteiger charge is -2.25. The van der Waals surface area contributed by atoms with Crippen LogP contribution in [0.25, 0.3) is 0 Å². The van der Waals surface area contributed by atoms with E-state index in [0.29, 0.717) is 4.95 Å². The number of alkyl halides is 1. The van der Waals surface area contributed by atoms with E-state index in [2.05, 4.69) is 52.2 Å². The Morgan fingerprint density at radius 1 is 1.45 bits per heavy atom. The van der Waals surface area contributed by atoms with Crippen LogP contribution in [0.2, 0.25) is 0 Å². The maximum atomic E-state index is 3.57. The summed E-state index contributed by atoms with van der Waals surface area (Å²) in [5.41, 5.74) is 0. The van der Waals surface area contributed by atoms with Crippen molar-refractivity contribution in [1.29, 1.82) is 0 Å².